The SMILES string of the molecule is CCO.O=c1c2ccccc2oc2cnccc12.O=c1ccoc2ccccc12. The van der Waals surface area contributed by atoms with Crippen LogP contribution in [0.25, 0.3) is 32.9 Å². The highest BCUT2D eigenvalue weighted by atomic mass is 16.3. The number of fused-ring (bicyclic) bond motifs is 3. The molecule has 0 spiro atoms. The number of aliphatic hydroxyl groups excluding tert-OH is 1. The molecule has 1 N–H and O–H groups in total. The van der Waals surface area contributed by atoms with Crippen molar-refractivity contribution in [3.63, 3.8) is 0 Å². The second kappa shape index (κ2) is 9.43. The van der Waals surface area contributed by atoms with Gasteiger partial charge in [-0.3, -0.25) is 14.6 Å². The van der Waals surface area contributed by atoms with Crippen molar-refractivity contribution in [1.82, 2.24) is 4.98 Å². The molecule has 0 saturated carbocycles. The van der Waals surface area contributed by atoms with Crippen molar-refractivity contribution in [2.75, 3.05) is 6.61 Å². The average molecular weight is 389 g/mol. The van der Waals surface area contributed by atoms with Crippen molar-refractivity contribution in [3.8, 4) is 0 Å². The Balaban J connectivity index is 0.000000152. The van der Waals surface area contributed by atoms with E-state index in [1.807, 2.05) is 24.3 Å². The molecule has 0 aliphatic heterocycles. The number of benzene rings is 2. The Morgan fingerprint density at radius 1 is 0.828 bits per heavy atom. The summed E-state index contributed by atoms with van der Waals surface area (Å²) in [6, 6.07) is 17.5. The average Bonchev–Trinajstić information content (AvgIpc) is 2.76. The van der Waals surface area contributed by atoms with E-state index in [9.17, 15) is 9.59 Å². The van der Waals surface area contributed by atoms with Crippen LogP contribution in [0.1, 0.15) is 6.92 Å². The number of nitrogens with zero attached hydrogens (tertiary/aromatic N) is 1. The summed E-state index contributed by atoms with van der Waals surface area (Å²) in [5.41, 5.74) is 1.77. The van der Waals surface area contributed by atoms with Gasteiger partial charge < -0.3 is 13.9 Å². The van der Waals surface area contributed by atoms with E-state index >= 15 is 0 Å². The van der Waals surface area contributed by atoms with Gasteiger partial charge in [-0.25, -0.2) is 0 Å². The van der Waals surface area contributed by atoms with Crippen LogP contribution < -0.4 is 10.9 Å². The van der Waals surface area contributed by atoms with Gasteiger partial charge in [-0.1, -0.05) is 24.3 Å². The van der Waals surface area contributed by atoms with Crippen molar-refractivity contribution >= 4 is 32.9 Å². The smallest absolute Gasteiger partial charge is 0.200 e. The second-order valence-corrected chi connectivity index (χ2v) is 5.90. The molecule has 5 aromatic rings. The van der Waals surface area contributed by atoms with Crippen molar-refractivity contribution in [3.05, 3.63) is 99.8 Å². The lowest BCUT2D eigenvalue weighted by Crippen LogP contribution is -2.01. The van der Waals surface area contributed by atoms with Gasteiger partial charge in [0, 0.05) is 18.9 Å². The standard InChI is InChI=1S/C12H7NO2.C9H6O2.C2H6O/c14-12-8-3-1-2-4-10(8)15-11-7-13-6-5-9(11)12;10-8-5-6-11-9-4-2-1-3-7(8)9;1-2-3/h1-7H;1-6H;3H,2H2,1H3. The van der Waals surface area contributed by atoms with Crippen LogP contribution in [0.2, 0.25) is 0 Å². The van der Waals surface area contributed by atoms with E-state index in [4.69, 9.17) is 13.9 Å². The van der Waals surface area contributed by atoms with E-state index in [1.165, 1.54) is 12.3 Å². The van der Waals surface area contributed by atoms with Crippen LogP contribution in [0.15, 0.2) is 97.7 Å². The van der Waals surface area contributed by atoms with Gasteiger partial charge in [-0.05, 0) is 37.3 Å². The zero-order chi connectivity index (χ0) is 20.6. The third kappa shape index (κ3) is 4.56. The Bertz CT molecular complexity index is 1290. The van der Waals surface area contributed by atoms with E-state index in [1.54, 1.807) is 49.6 Å². The molecule has 6 heteroatoms. The van der Waals surface area contributed by atoms with Gasteiger partial charge in [0.2, 0.25) is 5.43 Å². The Morgan fingerprint density at radius 2 is 1.45 bits per heavy atom. The molecule has 0 aliphatic rings. The van der Waals surface area contributed by atoms with E-state index in [-0.39, 0.29) is 17.5 Å². The van der Waals surface area contributed by atoms with Crippen LogP contribution in [0.4, 0.5) is 0 Å². The minimum Gasteiger partial charge on any atom is -0.464 e. The maximum Gasteiger partial charge on any atom is 0.200 e. The molecule has 146 valence electrons. The van der Waals surface area contributed by atoms with Crippen LogP contribution in [0, 0.1) is 0 Å². The number of hydrogen-bond donors (Lipinski definition) is 1. The van der Waals surface area contributed by atoms with E-state index in [2.05, 4.69) is 4.98 Å². The van der Waals surface area contributed by atoms with Crippen molar-refractivity contribution in [2.45, 2.75) is 6.92 Å². The first kappa shape index (κ1) is 20.0. The van der Waals surface area contributed by atoms with Gasteiger partial charge in [0.15, 0.2) is 11.0 Å². The molecule has 6 nitrogen and oxygen atoms in total. The number of aliphatic hydroxyl groups is 1. The molecule has 3 heterocycles. The third-order valence-electron chi connectivity index (χ3n) is 3.95. The lowest BCUT2D eigenvalue weighted by Gasteiger charge is -1.99. The van der Waals surface area contributed by atoms with Gasteiger partial charge in [0.25, 0.3) is 0 Å². The van der Waals surface area contributed by atoms with Crippen molar-refractivity contribution < 1.29 is 13.9 Å². The maximum atomic E-state index is 12.0. The molecule has 29 heavy (non-hydrogen) atoms. The Morgan fingerprint density at radius 3 is 2.17 bits per heavy atom. The fraction of sp³-hybridized carbons (Fsp3) is 0.0870. The van der Waals surface area contributed by atoms with Crippen molar-refractivity contribution in [1.29, 1.82) is 0 Å². The highest BCUT2D eigenvalue weighted by molar-refractivity contribution is 5.88. The summed E-state index contributed by atoms with van der Waals surface area (Å²) < 4.78 is 10.7. The first-order chi connectivity index (χ1) is 14.2. The lowest BCUT2D eigenvalue weighted by atomic mass is 10.2. The van der Waals surface area contributed by atoms with Crippen LogP contribution in [-0.4, -0.2) is 16.7 Å². The molecule has 0 unspecified atom stereocenters. The van der Waals surface area contributed by atoms with E-state index in [0.717, 1.165) is 0 Å². The number of aromatic nitrogens is 1. The molecule has 0 aliphatic carbocycles. The molecule has 5 rings (SSSR count). The highest BCUT2D eigenvalue weighted by Gasteiger charge is 2.05. The zero-order valence-corrected chi connectivity index (χ0v) is 15.7. The van der Waals surface area contributed by atoms with Gasteiger partial charge >= 0.3 is 0 Å². The normalized spacial score (nSPS) is 10.1. The largest absolute Gasteiger partial charge is 0.464 e. The minimum absolute atomic E-state index is 0.00532. The molecule has 0 bridgehead atoms. The van der Waals surface area contributed by atoms with E-state index < -0.39 is 0 Å². The lowest BCUT2D eigenvalue weighted by molar-refractivity contribution is 0.318. The number of hydrogen-bond acceptors (Lipinski definition) is 6. The Kier molecular flexibility index (Phi) is 6.50. The van der Waals surface area contributed by atoms with Gasteiger partial charge in [-0.15, -0.1) is 0 Å². The van der Waals surface area contributed by atoms with Gasteiger partial charge in [0.05, 0.1) is 28.6 Å². The second-order valence-electron chi connectivity index (χ2n) is 5.90. The summed E-state index contributed by atoms with van der Waals surface area (Å²) >= 11 is 0. The predicted molar refractivity (Wildman–Crippen MR) is 113 cm³/mol. The molecule has 0 radical (unpaired) electrons. The van der Waals surface area contributed by atoms with E-state index in [0.29, 0.717) is 32.9 Å². The summed E-state index contributed by atoms with van der Waals surface area (Å²) in [6.07, 6.45) is 4.56. The van der Waals surface area contributed by atoms with Gasteiger partial charge in [0.1, 0.15) is 11.2 Å². The zero-order valence-electron chi connectivity index (χ0n) is 15.7. The summed E-state index contributed by atoms with van der Waals surface area (Å²) in [7, 11) is 0. The van der Waals surface area contributed by atoms with Crippen LogP contribution in [-0.2, 0) is 0 Å². The molecule has 0 fully saturated rings. The monoisotopic (exact) mass is 389 g/mol. The molecule has 3 aromatic heterocycles. The number of pyridine rings is 1. The van der Waals surface area contributed by atoms with Gasteiger partial charge in [-0.2, -0.15) is 0 Å². The molecule has 0 saturated heterocycles. The summed E-state index contributed by atoms with van der Waals surface area (Å²) in [5.74, 6) is 0. The molecule has 0 atom stereocenters. The van der Waals surface area contributed by atoms with Crippen LogP contribution in [0.5, 0.6) is 0 Å². The van der Waals surface area contributed by atoms with Crippen LogP contribution >= 0.6 is 0 Å². The van der Waals surface area contributed by atoms with Crippen LogP contribution in [0.3, 0.4) is 0 Å². The summed E-state index contributed by atoms with van der Waals surface area (Å²) in [4.78, 5) is 27.0. The van der Waals surface area contributed by atoms with Crippen molar-refractivity contribution in [2.24, 2.45) is 0 Å². The Hall–Kier alpha value is -3.77. The first-order valence-corrected chi connectivity index (χ1v) is 8.98. The summed E-state index contributed by atoms with van der Waals surface area (Å²) in [5, 5.41) is 9.38. The molecule has 0 amide bonds. The topological polar surface area (TPSA) is 93.5 Å². The summed E-state index contributed by atoms with van der Waals surface area (Å²) in [6.45, 7) is 1.93. The first-order valence-electron chi connectivity index (χ1n) is 8.98. The number of para-hydroxylation sites is 2. The third-order valence-corrected chi connectivity index (χ3v) is 3.95. The number of rotatable bonds is 0. The Labute approximate surface area is 165 Å². The maximum absolute atomic E-state index is 12.0. The quantitative estimate of drug-likeness (QED) is 0.400. The molecular weight excluding hydrogens is 370 g/mol. The highest BCUT2D eigenvalue weighted by Crippen LogP contribution is 2.16. The predicted octanol–water partition coefficient (Wildman–Crippen LogP) is 4.13. The minimum atomic E-state index is -0.00532. The molecule has 2 aromatic carbocycles. The molecular formula is C23H19NO5. The fourth-order valence-corrected chi connectivity index (χ4v) is 2.69. The fourth-order valence-electron chi connectivity index (χ4n) is 2.69.